The van der Waals surface area contributed by atoms with Crippen molar-refractivity contribution in [3.8, 4) is 0 Å². The van der Waals surface area contributed by atoms with Crippen LogP contribution in [0.3, 0.4) is 0 Å². The third kappa shape index (κ3) is 7.96. The van der Waals surface area contributed by atoms with Crippen LogP contribution in [0.15, 0.2) is 67.1 Å². The monoisotopic (exact) mass is 615 g/mol. The molecule has 11 nitrogen and oxygen atoms in total. The minimum Gasteiger partial charge on any atom is -0.467 e. The standard InChI is InChI=1S/C34H41N5O6/c1-45-34(44)30(40)27(16-22-10-4-2-5-11-22)37-31(41)28(18-25-19-35-21-36-25)38-32(42)29(17-23-12-6-3-7-13-23)39-20-24-14-8-9-15-26(24)33(39)43/h3,6-9,12-15,19,21-22,27-30,40H,2,4-5,10-11,16-18,20H2,1H3,(H,35,36)(H,37,41)(H,38,42)/t27-,28?,29-,30?/m0/s1. The highest BCUT2D eigenvalue weighted by molar-refractivity contribution is 6.01. The van der Waals surface area contributed by atoms with Crippen molar-refractivity contribution in [2.24, 2.45) is 5.92 Å². The maximum atomic E-state index is 14.1. The summed E-state index contributed by atoms with van der Waals surface area (Å²) in [6.07, 6.45) is 7.36. The number of fused-ring (bicyclic) bond motifs is 1. The molecule has 1 aromatic heterocycles. The summed E-state index contributed by atoms with van der Waals surface area (Å²) in [5.74, 6) is -1.89. The largest absolute Gasteiger partial charge is 0.467 e. The van der Waals surface area contributed by atoms with Gasteiger partial charge in [-0.05, 0) is 29.5 Å². The molecule has 1 aliphatic carbocycles. The number of aromatic nitrogens is 2. The summed E-state index contributed by atoms with van der Waals surface area (Å²) in [5, 5.41) is 16.6. The summed E-state index contributed by atoms with van der Waals surface area (Å²) in [4.78, 5) is 62.5. The summed E-state index contributed by atoms with van der Waals surface area (Å²) < 4.78 is 4.80. The molecule has 45 heavy (non-hydrogen) atoms. The first-order chi connectivity index (χ1) is 21.8. The van der Waals surface area contributed by atoms with E-state index in [0.717, 1.165) is 43.2 Å². The van der Waals surface area contributed by atoms with Crippen LogP contribution in [0.4, 0.5) is 0 Å². The lowest BCUT2D eigenvalue weighted by Gasteiger charge is -2.31. The van der Waals surface area contributed by atoms with E-state index in [0.29, 0.717) is 17.7 Å². The van der Waals surface area contributed by atoms with Crippen molar-refractivity contribution in [1.82, 2.24) is 25.5 Å². The van der Waals surface area contributed by atoms with Gasteiger partial charge < -0.3 is 30.4 Å². The van der Waals surface area contributed by atoms with Crippen LogP contribution in [0.2, 0.25) is 0 Å². The second-order valence-corrected chi connectivity index (χ2v) is 12.0. The molecule has 2 heterocycles. The number of imidazole rings is 1. The number of hydrogen-bond acceptors (Lipinski definition) is 7. The first kappa shape index (κ1) is 31.9. The fourth-order valence-electron chi connectivity index (χ4n) is 6.42. The zero-order valence-electron chi connectivity index (χ0n) is 25.5. The number of nitrogens with zero attached hydrogens (tertiary/aromatic N) is 2. The molecule has 2 aromatic carbocycles. The average Bonchev–Trinajstić information content (AvgIpc) is 3.70. The molecule has 0 radical (unpaired) electrons. The Bertz CT molecular complexity index is 1460. The first-order valence-electron chi connectivity index (χ1n) is 15.6. The molecule has 4 N–H and O–H groups in total. The molecule has 11 heteroatoms. The molecular formula is C34H41N5O6. The van der Waals surface area contributed by atoms with Gasteiger partial charge in [0.1, 0.15) is 12.1 Å². The van der Waals surface area contributed by atoms with Gasteiger partial charge in [-0.3, -0.25) is 14.4 Å². The number of aromatic amines is 1. The Balaban J connectivity index is 1.39. The fraction of sp³-hybridized carbons (Fsp3) is 0.441. The fourth-order valence-corrected chi connectivity index (χ4v) is 6.42. The predicted molar refractivity (Wildman–Crippen MR) is 166 cm³/mol. The quantitative estimate of drug-likeness (QED) is 0.216. The van der Waals surface area contributed by atoms with Gasteiger partial charge in [0.15, 0.2) is 6.10 Å². The van der Waals surface area contributed by atoms with Crippen molar-refractivity contribution in [3.63, 3.8) is 0 Å². The maximum Gasteiger partial charge on any atom is 0.336 e. The number of benzene rings is 2. The van der Waals surface area contributed by atoms with Crippen molar-refractivity contribution < 1.29 is 29.0 Å². The van der Waals surface area contributed by atoms with Crippen LogP contribution >= 0.6 is 0 Å². The number of methoxy groups -OCH3 is 1. The number of esters is 1. The van der Waals surface area contributed by atoms with Crippen molar-refractivity contribution in [2.45, 2.75) is 82.1 Å². The van der Waals surface area contributed by atoms with Crippen LogP contribution < -0.4 is 10.6 Å². The van der Waals surface area contributed by atoms with Crippen molar-refractivity contribution in [3.05, 3.63) is 89.5 Å². The van der Waals surface area contributed by atoms with E-state index in [1.165, 1.54) is 13.4 Å². The Kier molecular flexibility index (Phi) is 10.6. The van der Waals surface area contributed by atoms with E-state index in [1.807, 2.05) is 42.5 Å². The van der Waals surface area contributed by atoms with Gasteiger partial charge in [0.25, 0.3) is 5.91 Å². The molecule has 1 fully saturated rings. The van der Waals surface area contributed by atoms with E-state index in [1.54, 1.807) is 23.2 Å². The van der Waals surface area contributed by atoms with E-state index < -0.39 is 42.0 Å². The zero-order chi connectivity index (χ0) is 31.8. The number of carbonyl (C=O) groups is 4. The zero-order valence-corrected chi connectivity index (χ0v) is 25.5. The SMILES string of the molecule is COC(=O)C(O)[C@H](CC1CCCCC1)NC(=O)C(Cc1cnc[nH]1)NC(=O)[C@H](Cc1ccccc1)N1Cc2ccccc2C1=O. The number of H-pyrrole nitrogens is 1. The molecule has 2 unspecified atom stereocenters. The molecule has 3 amide bonds. The van der Waals surface area contributed by atoms with Crippen molar-refractivity contribution >= 4 is 23.7 Å². The Hall–Kier alpha value is -4.51. The summed E-state index contributed by atoms with van der Waals surface area (Å²) >= 11 is 0. The van der Waals surface area contributed by atoms with Crippen molar-refractivity contribution in [1.29, 1.82) is 0 Å². The molecular weight excluding hydrogens is 574 g/mol. The lowest BCUT2D eigenvalue weighted by atomic mass is 9.83. The molecule has 0 saturated heterocycles. The normalized spacial score (nSPS) is 17.6. The number of aliphatic hydroxyl groups excluding tert-OH is 1. The predicted octanol–water partition coefficient (Wildman–Crippen LogP) is 2.69. The van der Waals surface area contributed by atoms with Crippen LogP contribution in [0.25, 0.3) is 0 Å². The molecule has 1 aliphatic heterocycles. The minimum absolute atomic E-state index is 0.0776. The van der Waals surface area contributed by atoms with Crippen LogP contribution in [0.1, 0.15) is 65.7 Å². The Morgan fingerprint density at radius 3 is 2.42 bits per heavy atom. The van der Waals surface area contributed by atoms with E-state index >= 15 is 0 Å². The Morgan fingerprint density at radius 2 is 1.73 bits per heavy atom. The van der Waals surface area contributed by atoms with Gasteiger partial charge in [0, 0.05) is 36.8 Å². The average molecular weight is 616 g/mol. The highest BCUT2D eigenvalue weighted by atomic mass is 16.5. The van der Waals surface area contributed by atoms with Crippen LogP contribution in [0, 0.1) is 5.92 Å². The van der Waals surface area contributed by atoms with Crippen LogP contribution in [-0.2, 0) is 38.5 Å². The second-order valence-electron chi connectivity index (χ2n) is 12.0. The molecule has 0 spiro atoms. The van der Waals surface area contributed by atoms with Crippen molar-refractivity contribution in [2.75, 3.05) is 7.11 Å². The number of aliphatic hydroxyl groups is 1. The highest BCUT2D eigenvalue weighted by Gasteiger charge is 2.39. The molecule has 3 aromatic rings. The Morgan fingerprint density at radius 1 is 1.00 bits per heavy atom. The first-order valence-corrected chi connectivity index (χ1v) is 15.6. The number of carbonyl (C=O) groups excluding carboxylic acids is 4. The lowest BCUT2D eigenvalue weighted by Crippen LogP contribution is -2.58. The molecule has 5 rings (SSSR count). The number of hydrogen-bond donors (Lipinski definition) is 4. The number of amides is 3. The van der Waals surface area contributed by atoms with Gasteiger partial charge in [-0.15, -0.1) is 0 Å². The topological polar surface area (TPSA) is 154 Å². The van der Waals surface area contributed by atoms with Gasteiger partial charge in [-0.25, -0.2) is 9.78 Å². The van der Waals surface area contributed by atoms with E-state index in [-0.39, 0.29) is 31.2 Å². The summed E-state index contributed by atoms with van der Waals surface area (Å²) in [6.45, 7) is 0.270. The van der Waals surface area contributed by atoms with E-state index in [9.17, 15) is 24.3 Å². The lowest BCUT2D eigenvalue weighted by molar-refractivity contribution is -0.153. The smallest absolute Gasteiger partial charge is 0.336 e. The molecule has 238 valence electrons. The number of nitrogens with one attached hydrogen (secondary N) is 3. The third-order valence-corrected chi connectivity index (χ3v) is 8.88. The molecule has 0 bridgehead atoms. The van der Waals surface area contributed by atoms with Crippen LogP contribution in [-0.4, -0.2) is 75.0 Å². The molecule has 4 atom stereocenters. The van der Waals surface area contributed by atoms with E-state index in [4.69, 9.17) is 4.74 Å². The Labute approximate surface area is 262 Å². The van der Waals surface area contributed by atoms with Gasteiger partial charge >= 0.3 is 5.97 Å². The minimum atomic E-state index is -1.56. The second kappa shape index (κ2) is 15.0. The van der Waals surface area contributed by atoms with Gasteiger partial charge in [-0.1, -0.05) is 80.6 Å². The number of ether oxygens (including phenoxy) is 1. The summed E-state index contributed by atoms with van der Waals surface area (Å²) in [5.41, 5.74) is 2.86. The highest BCUT2D eigenvalue weighted by Crippen LogP contribution is 2.29. The number of rotatable bonds is 13. The third-order valence-electron chi connectivity index (χ3n) is 8.88. The molecule has 1 saturated carbocycles. The summed E-state index contributed by atoms with van der Waals surface area (Å²) in [6, 6.07) is 13.8. The molecule has 2 aliphatic rings. The van der Waals surface area contributed by atoms with Crippen LogP contribution in [0.5, 0.6) is 0 Å². The van der Waals surface area contributed by atoms with Gasteiger partial charge in [-0.2, -0.15) is 0 Å². The van der Waals surface area contributed by atoms with Gasteiger partial charge in [0.2, 0.25) is 11.8 Å². The van der Waals surface area contributed by atoms with Gasteiger partial charge in [0.05, 0.1) is 19.5 Å². The maximum absolute atomic E-state index is 14.1. The van der Waals surface area contributed by atoms with E-state index in [2.05, 4.69) is 20.6 Å². The summed E-state index contributed by atoms with van der Waals surface area (Å²) in [7, 11) is 1.19.